The van der Waals surface area contributed by atoms with Gasteiger partial charge in [-0.05, 0) is 23.6 Å². The first-order chi connectivity index (χ1) is 11.9. The summed E-state index contributed by atoms with van der Waals surface area (Å²) in [7, 11) is 1.63. The summed E-state index contributed by atoms with van der Waals surface area (Å²) in [5, 5.41) is 7.48. The molecular weight excluding hydrogens is 314 g/mol. The number of hydrogen-bond donors (Lipinski definition) is 1. The zero-order valence-electron chi connectivity index (χ0n) is 14.7. The first-order valence-electron chi connectivity index (χ1n) is 7.82. The van der Waals surface area contributed by atoms with Crippen molar-refractivity contribution in [2.45, 2.75) is 19.8 Å². The van der Waals surface area contributed by atoms with Crippen LogP contribution in [0, 0.1) is 5.41 Å². The van der Waals surface area contributed by atoms with Crippen molar-refractivity contribution in [1.82, 2.24) is 0 Å². The summed E-state index contributed by atoms with van der Waals surface area (Å²) < 4.78 is 5.30. The van der Waals surface area contributed by atoms with Gasteiger partial charge in [0.15, 0.2) is 11.6 Å². The number of rotatable bonds is 10. The van der Waals surface area contributed by atoms with Gasteiger partial charge in [-0.2, -0.15) is 0 Å². The minimum Gasteiger partial charge on any atom is -0.496 e. The molecule has 0 spiro atoms. The normalized spacial score (nSPS) is 11.2. The molecule has 4 nitrogen and oxygen atoms in total. The SMILES string of the molecule is C=C/C(=C\C=C\Cc1ccccc1OC)C(=C)C(=O)CC(=N)C(C)=O. The number of ketones is 2. The third kappa shape index (κ3) is 6.18. The van der Waals surface area contributed by atoms with Gasteiger partial charge in [0.1, 0.15) is 5.75 Å². The molecule has 0 atom stereocenters. The van der Waals surface area contributed by atoms with E-state index < -0.39 is 5.78 Å². The van der Waals surface area contributed by atoms with Gasteiger partial charge in [-0.3, -0.25) is 9.59 Å². The molecular formula is C21H23NO3. The molecule has 0 radical (unpaired) electrons. The van der Waals surface area contributed by atoms with Crippen molar-refractivity contribution in [2.24, 2.45) is 0 Å². The average Bonchev–Trinajstić information content (AvgIpc) is 2.61. The van der Waals surface area contributed by atoms with Gasteiger partial charge < -0.3 is 10.1 Å². The molecule has 0 amide bonds. The lowest BCUT2D eigenvalue weighted by Gasteiger charge is -2.06. The first kappa shape index (κ1) is 20.0. The van der Waals surface area contributed by atoms with Gasteiger partial charge in [-0.1, -0.05) is 55.7 Å². The van der Waals surface area contributed by atoms with Gasteiger partial charge in [-0.25, -0.2) is 0 Å². The number of carbonyl (C=O) groups excluding carboxylic acids is 2. The molecule has 4 heteroatoms. The number of methoxy groups -OCH3 is 1. The summed E-state index contributed by atoms with van der Waals surface area (Å²) in [6.45, 7) is 8.71. The molecule has 0 unspecified atom stereocenters. The van der Waals surface area contributed by atoms with Crippen LogP contribution in [-0.4, -0.2) is 24.4 Å². The maximum atomic E-state index is 12.1. The maximum absolute atomic E-state index is 12.1. The van der Waals surface area contributed by atoms with Crippen molar-refractivity contribution in [3.05, 3.63) is 78.4 Å². The molecule has 0 aliphatic rings. The fraction of sp³-hybridized carbons (Fsp3) is 0.190. The molecule has 25 heavy (non-hydrogen) atoms. The van der Waals surface area contributed by atoms with E-state index in [4.69, 9.17) is 10.1 Å². The molecule has 130 valence electrons. The molecule has 0 bridgehead atoms. The molecule has 1 aromatic carbocycles. The minimum absolute atomic E-state index is 0.221. The van der Waals surface area contributed by atoms with Crippen LogP contribution in [-0.2, 0) is 16.0 Å². The summed E-state index contributed by atoms with van der Waals surface area (Å²) in [6.07, 6.45) is 7.46. The van der Waals surface area contributed by atoms with Crippen LogP contribution in [0.15, 0.2) is 72.9 Å². The van der Waals surface area contributed by atoms with Gasteiger partial charge in [0, 0.05) is 12.5 Å². The molecule has 0 saturated carbocycles. The molecule has 0 saturated heterocycles. The van der Waals surface area contributed by atoms with Gasteiger partial charge in [-0.15, -0.1) is 0 Å². The Morgan fingerprint density at radius 1 is 1.28 bits per heavy atom. The van der Waals surface area contributed by atoms with Crippen molar-refractivity contribution in [1.29, 1.82) is 5.41 Å². The Kier molecular flexibility index (Phi) is 8.00. The number of nitrogens with one attached hydrogen (secondary N) is 1. The number of benzene rings is 1. The van der Waals surface area contributed by atoms with E-state index in [1.807, 2.05) is 36.4 Å². The second kappa shape index (κ2) is 9.98. The predicted octanol–water partition coefficient (Wildman–Crippen LogP) is 4.03. The maximum Gasteiger partial charge on any atom is 0.173 e. The van der Waals surface area contributed by atoms with Crippen molar-refractivity contribution < 1.29 is 14.3 Å². The minimum atomic E-state index is -0.415. The Labute approximate surface area is 148 Å². The predicted molar refractivity (Wildman–Crippen MR) is 101 cm³/mol. The zero-order valence-corrected chi connectivity index (χ0v) is 14.7. The lowest BCUT2D eigenvalue weighted by molar-refractivity contribution is -0.115. The smallest absolute Gasteiger partial charge is 0.173 e. The number of ether oxygens (including phenoxy) is 1. The van der Waals surface area contributed by atoms with E-state index in [0.29, 0.717) is 12.0 Å². The van der Waals surface area contributed by atoms with Crippen LogP contribution >= 0.6 is 0 Å². The van der Waals surface area contributed by atoms with E-state index in [-0.39, 0.29) is 23.5 Å². The molecule has 0 aromatic heterocycles. The summed E-state index contributed by atoms with van der Waals surface area (Å²) in [5.41, 5.74) is 1.64. The Bertz CT molecular complexity index is 754. The number of para-hydroxylation sites is 1. The lowest BCUT2D eigenvalue weighted by atomic mass is 9.98. The van der Waals surface area contributed by atoms with Crippen LogP contribution in [0.5, 0.6) is 5.75 Å². The molecule has 0 heterocycles. The van der Waals surface area contributed by atoms with Crippen LogP contribution < -0.4 is 4.74 Å². The van der Waals surface area contributed by atoms with Gasteiger partial charge >= 0.3 is 0 Å². The van der Waals surface area contributed by atoms with E-state index in [1.54, 1.807) is 13.2 Å². The third-order valence-corrected chi connectivity index (χ3v) is 3.61. The Morgan fingerprint density at radius 2 is 1.96 bits per heavy atom. The van der Waals surface area contributed by atoms with Gasteiger partial charge in [0.05, 0.1) is 19.2 Å². The lowest BCUT2D eigenvalue weighted by Crippen LogP contribution is -2.15. The van der Waals surface area contributed by atoms with E-state index in [9.17, 15) is 9.59 Å². The molecule has 1 rings (SSSR count). The highest BCUT2D eigenvalue weighted by molar-refractivity contribution is 6.41. The van der Waals surface area contributed by atoms with E-state index in [1.165, 1.54) is 13.0 Å². The second-order valence-corrected chi connectivity index (χ2v) is 5.38. The summed E-state index contributed by atoms with van der Waals surface area (Å²) in [6, 6.07) is 7.74. The van der Waals surface area contributed by atoms with Crippen molar-refractivity contribution in [3.63, 3.8) is 0 Å². The Balaban J connectivity index is 2.77. The first-order valence-corrected chi connectivity index (χ1v) is 7.82. The van der Waals surface area contributed by atoms with Crippen molar-refractivity contribution >= 4 is 17.3 Å². The van der Waals surface area contributed by atoms with Crippen LogP contribution in [0.3, 0.4) is 0 Å². The highest BCUT2D eigenvalue weighted by Crippen LogP contribution is 2.18. The van der Waals surface area contributed by atoms with E-state index >= 15 is 0 Å². The van der Waals surface area contributed by atoms with Crippen LogP contribution in [0.25, 0.3) is 0 Å². The number of carbonyl (C=O) groups is 2. The van der Waals surface area contributed by atoms with Crippen LogP contribution in [0.4, 0.5) is 0 Å². The molecule has 1 aromatic rings. The average molecular weight is 337 g/mol. The zero-order chi connectivity index (χ0) is 18.8. The third-order valence-electron chi connectivity index (χ3n) is 3.61. The fourth-order valence-electron chi connectivity index (χ4n) is 2.08. The van der Waals surface area contributed by atoms with Crippen LogP contribution in [0.1, 0.15) is 18.9 Å². The highest BCUT2D eigenvalue weighted by Gasteiger charge is 2.14. The summed E-state index contributed by atoms with van der Waals surface area (Å²) in [5.74, 6) is 0.0499. The van der Waals surface area contributed by atoms with E-state index in [0.717, 1.165) is 11.3 Å². The van der Waals surface area contributed by atoms with Crippen LogP contribution in [0.2, 0.25) is 0 Å². The van der Waals surface area contributed by atoms with Crippen molar-refractivity contribution in [3.8, 4) is 5.75 Å². The molecule has 0 fully saturated rings. The summed E-state index contributed by atoms with van der Waals surface area (Å²) in [4.78, 5) is 23.2. The highest BCUT2D eigenvalue weighted by atomic mass is 16.5. The number of allylic oxidation sites excluding steroid dienone is 6. The molecule has 0 aliphatic carbocycles. The van der Waals surface area contributed by atoms with Gasteiger partial charge in [0.2, 0.25) is 0 Å². The van der Waals surface area contributed by atoms with Gasteiger partial charge in [0.25, 0.3) is 0 Å². The Morgan fingerprint density at radius 3 is 2.56 bits per heavy atom. The number of Topliss-reactive ketones (excluding diaryl/α,β-unsaturated/α-hetero) is 2. The molecule has 1 N–H and O–H groups in total. The fourth-order valence-corrected chi connectivity index (χ4v) is 2.08. The van der Waals surface area contributed by atoms with E-state index in [2.05, 4.69) is 13.2 Å². The monoisotopic (exact) mass is 337 g/mol. The number of hydrogen-bond acceptors (Lipinski definition) is 4. The Hall–Kier alpha value is -3.01. The standard InChI is InChI=1S/C21H23NO3/c1-5-17(15(2)20(24)14-19(22)16(3)23)10-6-7-11-18-12-8-9-13-21(18)25-4/h5-10,12-13,22H,1-2,11,14H2,3-4H3/b7-6+,17-10+,22-19?. The largest absolute Gasteiger partial charge is 0.496 e. The topological polar surface area (TPSA) is 67.2 Å². The van der Waals surface area contributed by atoms with Crippen molar-refractivity contribution in [2.75, 3.05) is 7.11 Å². The molecule has 0 aliphatic heterocycles. The second-order valence-electron chi connectivity index (χ2n) is 5.38. The quantitative estimate of drug-likeness (QED) is 0.398. The summed E-state index contributed by atoms with van der Waals surface area (Å²) >= 11 is 0.